The summed E-state index contributed by atoms with van der Waals surface area (Å²) in [6.07, 6.45) is 8.92. The third-order valence-electron chi connectivity index (χ3n) is 3.20. The van der Waals surface area contributed by atoms with Gasteiger partial charge in [-0.2, -0.15) is 0 Å². The summed E-state index contributed by atoms with van der Waals surface area (Å²) in [6.45, 7) is 7.10. The van der Waals surface area contributed by atoms with E-state index in [0.717, 1.165) is 17.8 Å². The van der Waals surface area contributed by atoms with Crippen molar-refractivity contribution in [2.45, 2.75) is 59.3 Å². The van der Waals surface area contributed by atoms with E-state index in [1.807, 2.05) is 0 Å². The van der Waals surface area contributed by atoms with Gasteiger partial charge in [-0.15, -0.1) is 0 Å². The van der Waals surface area contributed by atoms with E-state index >= 15 is 0 Å². The van der Waals surface area contributed by atoms with Gasteiger partial charge in [0.05, 0.1) is 0 Å². The molecular weight excluding hydrogens is 144 g/mol. The van der Waals surface area contributed by atoms with E-state index in [1.54, 1.807) is 0 Å². The van der Waals surface area contributed by atoms with Gasteiger partial charge in [0, 0.05) is 0 Å². The minimum Gasteiger partial charge on any atom is -0.0628 e. The zero-order valence-electron chi connectivity index (χ0n) is 8.97. The number of hydrogen-bond acceptors (Lipinski definition) is 0. The first kappa shape index (κ1) is 10.1. The molecular formula is C12H24. The molecule has 0 N–H and O–H groups in total. The summed E-state index contributed by atoms with van der Waals surface area (Å²) >= 11 is 0. The second-order valence-corrected chi connectivity index (χ2v) is 5.11. The van der Waals surface area contributed by atoms with Crippen molar-refractivity contribution in [3.63, 3.8) is 0 Å². The van der Waals surface area contributed by atoms with Crippen LogP contribution in [0.5, 0.6) is 0 Å². The van der Waals surface area contributed by atoms with Crippen LogP contribution in [0.4, 0.5) is 0 Å². The molecule has 0 radical (unpaired) electrons. The maximum atomic E-state index is 2.42. The van der Waals surface area contributed by atoms with Gasteiger partial charge in [-0.25, -0.2) is 0 Å². The number of rotatable bonds is 3. The molecule has 0 aromatic heterocycles. The van der Waals surface area contributed by atoms with Crippen LogP contribution >= 0.6 is 0 Å². The molecule has 0 heteroatoms. The molecule has 1 aliphatic carbocycles. The van der Waals surface area contributed by atoms with Gasteiger partial charge in [0.1, 0.15) is 0 Å². The molecule has 12 heavy (non-hydrogen) atoms. The van der Waals surface area contributed by atoms with Gasteiger partial charge in [0.15, 0.2) is 0 Å². The Morgan fingerprint density at radius 2 is 2.00 bits per heavy atom. The van der Waals surface area contributed by atoms with Crippen LogP contribution in [-0.4, -0.2) is 0 Å². The van der Waals surface area contributed by atoms with Crippen molar-refractivity contribution in [2.24, 2.45) is 17.8 Å². The molecule has 0 heterocycles. The van der Waals surface area contributed by atoms with E-state index in [4.69, 9.17) is 0 Å². The third-order valence-corrected chi connectivity index (χ3v) is 3.20. The molecule has 1 aliphatic rings. The van der Waals surface area contributed by atoms with E-state index in [1.165, 1.54) is 38.5 Å². The van der Waals surface area contributed by atoms with Crippen LogP contribution in [-0.2, 0) is 0 Å². The molecule has 2 atom stereocenters. The zero-order valence-corrected chi connectivity index (χ0v) is 8.97. The van der Waals surface area contributed by atoms with Crippen LogP contribution in [0, 0.1) is 17.8 Å². The van der Waals surface area contributed by atoms with Crippen molar-refractivity contribution in [3.8, 4) is 0 Å². The van der Waals surface area contributed by atoms with Crippen molar-refractivity contribution >= 4 is 0 Å². The normalized spacial score (nSPS) is 31.0. The molecule has 0 aliphatic heterocycles. The largest absolute Gasteiger partial charge is 0.0628 e. The number of hydrogen-bond donors (Lipinski definition) is 0. The Hall–Kier alpha value is 0. The lowest BCUT2D eigenvalue weighted by molar-refractivity contribution is 0.257. The van der Waals surface area contributed by atoms with Crippen LogP contribution in [0.2, 0.25) is 0 Å². The van der Waals surface area contributed by atoms with Gasteiger partial charge in [0.2, 0.25) is 0 Å². The Morgan fingerprint density at radius 3 is 2.58 bits per heavy atom. The van der Waals surface area contributed by atoms with Crippen molar-refractivity contribution in [2.75, 3.05) is 0 Å². The third kappa shape index (κ3) is 3.60. The highest BCUT2D eigenvalue weighted by Gasteiger charge is 2.18. The van der Waals surface area contributed by atoms with E-state index in [-0.39, 0.29) is 0 Å². The molecule has 0 spiro atoms. The van der Waals surface area contributed by atoms with Crippen LogP contribution in [0.25, 0.3) is 0 Å². The minimum atomic E-state index is 0.905. The average Bonchev–Trinajstić information content (AvgIpc) is 2.01. The lowest BCUT2D eigenvalue weighted by atomic mass is 9.79. The minimum absolute atomic E-state index is 0.905. The quantitative estimate of drug-likeness (QED) is 0.591. The van der Waals surface area contributed by atoms with Crippen molar-refractivity contribution in [3.05, 3.63) is 0 Å². The van der Waals surface area contributed by atoms with Gasteiger partial charge in [-0.3, -0.25) is 0 Å². The molecule has 0 bridgehead atoms. The summed E-state index contributed by atoms with van der Waals surface area (Å²) in [5.41, 5.74) is 0. The van der Waals surface area contributed by atoms with Gasteiger partial charge in [-0.05, 0) is 24.2 Å². The molecule has 0 amide bonds. The van der Waals surface area contributed by atoms with Crippen molar-refractivity contribution < 1.29 is 0 Å². The van der Waals surface area contributed by atoms with Crippen LogP contribution < -0.4 is 0 Å². The van der Waals surface area contributed by atoms with Crippen LogP contribution in [0.15, 0.2) is 0 Å². The van der Waals surface area contributed by atoms with Crippen molar-refractivity contribution in [1.29, 1.82) is 0 Å². The average molecular weight is 168 g/mol. The monoisotopic (exact) mass is 168 g/mol. The first-order valence-electron chi connectivity index (χ1n) is 5.68. The SMILES string of the molecule is CC(C)CCC1CCCC(C)C1. The summed E-state index contributed by atoms with van der Waals surface area (Å²) in [4.78, 5) is 0. The first-order valence-corrected chi connectivity index (χ1v) is 5.68. The van der Waals surface area contributed by atoms with Gasteiger partial charge in [-0.1, -0.05) is 52.9 Å². The smallest absolute Gasteiger partial charge is 0.0412 e. The molecule has 1 saturated carbocycles. The predicted octanol–water partition coefficient (Wildman–Crippen LogP) is 4.25. The van der Waals surface area contributed by atoms with Crippen LogP contribution in [0.3, 0.4) is 0 Å². The fourth-order valence-electron chi connectivity index (χ4n) is 2.39. The fraction of sp³-hybridized carbons (Fsp3) is 1.00. The van der Waals surface area contributed by atoms with E-state index < -0.39 is 0 Å². The molecule has 72 valence electrons. The Balaban J connectivity index is 2.14. The Bertz CT molecular complexity index is 115. The maximum absolute atomic E-state index is 2.42. The summed E-state index contributed by atoms with van der Waals surface area (Å²) in [7, 11) is 0. The zero-order chi connectivity index (χ0) is 8.97. The Labute approximate surface area is 77.7 Å². The van der Waals surface area contributed by atoms with Crippen LogP contribution in [0.1, 0.15) is 59.3 Å². The maximum Gasteiger partial charge on any atom is -0.0412 e. The molecule has 1 fully saturated rings. The summed E-state index contributed by atoms with van der Waals surface area (Å²) < 4.78 is 0. The Morgan fingerprint density at radius 1 is 1.25 bits per heavy atom. The van der Waals surface area contributed by atoms with E-state index in [9.17, 15) is 0 Å². The predicted molar refractivity (Wildman–Crippen MR) is 55.2 cm³/mol. The molecule has 0 saturated heterocycles. The van der Waals surface area contributed by atoms with Gasteiger partial charge in [0.25, 0.3) is 0 Å². The molecule has 0 aromatic rings. The van der Waals surface area contributed by atoms with Crippen molar-refractivity contribution in [1.82, 2.24) is 0 Å². The lowest BCUT2D eigenvalue weighted by Gasteiger charge is -2.27. The van der Waals surface area contributed by atoms with Gasteiger partial charge < -0.3 is 0 Å². The molecule has 2 unspecified atom stereocenters. The van der Waals surface area contributed by atoms with E-state index in [0.29, 0.717) is 0 Å². The second kappa shape index (κ2) is 4.89. The lowest BCUT2D eigenvalue weighted by Crippen LogP contribution is -2.13. The van der Waals surface area contributed by atoms with Gasteiger partial charge >= 0.3 is 0 Å². The highest BCUT2D eigenvalue weighted by Crippen LogP contribution is 2.32. The first-order chi connectivity index (χ1) is 5.68. The highest BCUT2D eigenvalue weighted by molar-refractivity contribution is 4.70. The fourth-order valence-corrected chi connectivity index (χ4v) is 2.39. The standard InChI is InChI=1S/C12H24/c1-10(2)7-8-12-6-4-5-11(3)9-12/h10-12H,4-9H2,1-3H3. The Kier molecular flexibility index (Phi) is 4.11. The topological polar surface area (TPSA) is 0 Å². The second-order valence-electron chi connectivity index (χ2n) is 5.11. The van der Waals surface area contributed by atoms with E-state index in [2.05, 4.69) is 20.8 Å². The molecule has 0 aromatic carbocycles. The molecule has 0 nitrogen and oxygen atoms in total. The summed E-state index contributed by atoms with van der Waals surface area (Å²) in [5.74, 6) is 2.98. The summed E-state index contributed by atoms with van der Waals surface area (Å²) in [6, 6.07) is 0. The highest BCUT2D eigenvalue weighted by atomic mass is 14.2. The summed E-state index contributed by atoms with van der Waals surface area (Å²) in [5, 5.41) is 0. The molecule has 1 rings (SSSR count).